The molecule has 0 saturated carbocycles. The van der Waals surface area contributed by atoms with Crippen LogP contribution in [0.5, 0.6) is 0 Å². The van der Waals surface area contributed by atoms with Gasteiger partial charge in [-0.3, -0.25) is 0 Å². The van der Waals surface area contributed by atoms with E-state index in [2.05, 4.69) is 46.6 Å². The molecule has 1 fully saturated rings. The van der Waals surface area contributed by atoms with Crippen LogP contribution in [0.3, 0.4) is 0 Å². The number of aryl methyl sites for hydroxylation is 2. The summed E-state index contributed by atoms with van der Waals surface area (Å²) in [5.74, 6) is 1.44. The Hall–Kier alpha value is -1.68. The van der Waals surface area contributed by atoms with Gasteiger partial charge in [-0.25, -0.2) is 0 Å². The lowest BCUT2D eigenvalue weighted by Crippen LogP contribution is -2.21. The highest BCUT2D eigenvalue weighted by Gasteiger charge is 2.16. The van der Waals surface area contributed by atoms with Crippen molar-refractivity contribution in [1.29, 1.82) is 0 Å². The predicted octanol–water partition coefficient (Wildman–Crippen LogP) is 2.98. The van der Waals surface area contributed by atoms with E-state index >= 15 is 0 Å². The Morgan fingerprint density at radius 2 is 2.15 bits per heavy atom. The quantitative estimate of drug-likeness (QED) is 0.908. The van der Waals surface area contributed by atoms with Gasteiger partial charge in [0.15, 0.2) is 0 Å². The van der Waals surface area contributed by atoms with Crippen LogP contribution in [0.4, 0.5) is 0 Å². The summed E-state index contributed by atoms with van der Waals surface area (Å²) < 4.78 is 5.35. The summed E-state index contributed by atoms with van der Waals surface area (Å²) in [5.41, 5.74) is 2.35. The second kappa shape index (κ2) is 6.18. The fourth-order valence-corrected chi connectivity index (χ4v) is 2.66. The fourth-order valence-electron chi connectivity index (χ4n) is 2.66. The third-order valence-corrected chi connectivity index (χ3v) is 3.96. The molecular weight excluding hydrogens is 250 g/mol. The SMILES string of the molecule is CCc1ccc(-c2noc(CCC3CCCN3)n2)cc1. The maximum atomic E-state index is 5.35. The van der Waals surface area contributed by atoms with E-state index in [1.807, 2.05) is 0 Å². The van der Waals surface area contributed by atoms with E-state index in [1.54, 1.807) is 0 Å². The van der Waals surface area contributed by atoms with E-state index in [4.69, 9.17) is 4.52 Å². The number of hydrogen-bond acceptors (Lipinski definition) is 4. The topological polar surface area (TPSA) is 51.0 Å². The lowest BCUT2D eigenvalue weighted by Gasteiger charge is -2.06. The smallest absolute Gasteiger partial charge is 0.227 e. The monoisotopic (exact) mass is 271 g/mol. The minimum atomic E-state index is 0.620. The van der Waals surface area contributed by atoms with Crippen LogP contribution in [0.15, 0.2) is 28.8 Å². The van der Waals surface area contributed by atoms with Gasteiger partial charge in [-0.2, -0.15) is 4.98 Å². The number of rotatable bonds is 5. The zero-order valence-electron chi connectivity index (χ0n) is 11.9. The molecule has 20 heavy (non-hydrogen) atoms. The van der Waals surface area contributed by atoms with Crippen molar-refractivity contribution in [2.75, 3.05) is 6.54 Å². The molecule has 1 aliphatic rings. The summed E-state index contributed by atoms with van der Waals surface area (Å²) >= 11 is 0. The van der Waals surface area contributed by atoms with Gasteiger partial charge in [0.25, 0.3) is 0 Å². The summed E-state index contributed by atoms with van der Waals surface area (Å²) in [6, 6.07) is 8.98. The molecule has 1 aromatic carbocycles. The lowest BCUT2D eigenvalue weighted by atomic mass is 10.1. The van der Waals surface area contributed by atoms with Crippen LogP contribution in [0.2, 0.25) is 0 Å². The maximum Gasteiger partial charge on any atom is 0.227 e. The van der Waals surface area contributed by atoms with Gasteiger partial charge in [0, 0.05) is 18.0 Å². The van der Waals surface area contributed by atoms with Crippen molar-refractivity contribution in [2.45, 2.75) is 45.1 Å². The van der Waals surface area contributed by atoms with Crippen molar-refractivity contribution < 1.29 is 4.52 Å². The Kier molecular flexibility index (Phi) is 4.11. The van der Waals surface area contributed by atoms with Crippen LogP contribution in [-0.4, -0.2) is 22.7 Å². The molecule has 1 aromatic heterocycles. The van der Waals surface area contributed by atoms with Crippen molar-refractivity contribution in [3.05, 3.63) is 35.7 Å². The van der Waals surface area contributed by atoms with Crippen LogP contribution in [0.1, 0.15) is 37.6 Å². The first-order valence-electron chi connectivity index (χ1n) is 7.50. The molecule has 1 atom stereocenters. The zero-order chi connectivity index (χ0) is 13.8. The predicted molar refractivity (Wildman–Crippen MR) is 78.5 cm³/mol. The minimum Gasteiger partial charge on any atom is -0.339 e. The van der Waals surface area contributed by atoms with E-state index in [0.717, 1.165) is 37.3 Å². The van der Waals surface area contributed by atoms with Crippen LogP contribution in [0.25, 0.3) is 11.4 Å². The molecule has 1 unspecified atom stereocenters. The fraction of sp³-hybridized carbons (Fsp3) is 0.500. The summed E-state index contributed by atoms with van der Waals surface area (Å²) in [7, 11) is 0. The third kappa shape index (κ3) is 3.07. The molecule has 1 saturated heterocycles. The normalized spacial score (nSPS) is 18.6. The highest BCUT2D eigenvalue weighted by molar-refractivity contribution is 5.54. The minimum absolute atomic E-state index is 0.620. The highest BCUT2D eigenvalue weighted by atomic mass is 16.5. The molecule has 4 nitrogen and oxygen atoms in total. The molecule has 1 N–H and O–H groups in total. The third-order valence-electron chi connectivity index (χ3n) is 3.96. The van der Waals surface area contributed by atoms with Gasteiger partial charge < -0.3 is 9.84 Å². The molecular formula is C16H21N3O. The molecule has 3 rings (SSSR count). The van der Waals surface area contributed by atoms with E-state index < -0.39 is 0 Å². The van der Waals surface area contributed by atoms with Crippen molar-refractivity contribution in [3.63, 3.8) is 0 Å². The number of aromatic nitrogens is 2. The summed E-state index contributed by atoms with van der Waals surface area (Å²) in [6.45, 7) is 3.29. The van der Waals surface area contributed by atoms with Crippen molar-refractivity contribution in [3.8, 4) is 11.4 Å². The summed E-state index contributed by atoms with van der Waals surface area (Å²) in [6.07, 6.45) is 5.53. The molecule has 2 heterocycles. The summed E-state index contributed by atoms with van der Waals surface area (Å²) in [4.78, 5) is 4.49. The van der Waals surface area contributed by atoms with Crippen LogP contribution < -0.4 is 5.32 Å². The number of benzene rings is 1. The Labute approximate surface area is 119 Å². The van der Waals surface area contributed by atoms with Gasteiger partial charge in [0.05, 0.1) is 0 Å². The van der Waals surface area contributed by atoms with Crippen molar-refractivity contribution in [2.24, 2.45) is 0 Å². The highest BCUT2D eigenvalue weighted by Crippen LogP contribution is 2.18. The Morgan fingerprint density at radius 1 is 1.30 bits per heavy atom. The molecule has 0 amide bonds. The lowest BCUT2D eigenvalue weighted by molar-refractivity contribution is 0.369. The van der Waals surface area contributed by atoms with Crippen LogP contribution in [-0.2, 0) is 12.8 Å². The van der Waals surface area contributed by atoms with Crippen LogP contribution in [0, 0.1) is 0 Å². The van der Waals surface area contributed by atoms with Gasteiger partial charge in [0.2, 0.25) is 11.7 Å². The Balaban J connectivity index is 1.62. The largest absolute Gasteiger partial charge is 0.339 e. The van der Waals surface area contributed by atoms with E-state index in [9.17, 15) is 0 Å². The van der Waals surface area contributed by atoms with Gasteiger partial charge in [-0.1, -0.05) is 36.3 Å². The molecule has 0 aliphatic carbocycles. The van der Waals surface area contributed by atoms with E-state index in [1.165, 1.54) is 18.4 Å². The van der Waals surface area contributed by atoms with Gasteiger partial charge in [-0.05, 0) is 37.8 Å². The van der Waals surface area contributed by atoms with Gasteiger partial charge >= 0.3 is 0 Å². The molecule has 1 aliphatic heterocycles. The average Bonchev–Trinajstić information content (AvgIpc) is 3.17. The second-order valence-corrected chi connectivity index (χ2v) is 5.39. The van der Waals surface area contributed by atoms with E-state index in [0.29, 0.717) is 11.9 Å². The molecule has 0 bridgehead atoms. The first kappa shape index (κ1) is 13.3. The summed E-state index contributed by atoms with van der Waals surface area (Å²) in [5, 5.41) is 7.57. The van der Waals surface area contributed by atoms with Crippen LogP contribution >= 0.6 is 0 Å². The second-order valence-electron chi connectivity index (χ2n) is 5.39. The molecule has 106 valence electrons. The molecule has 0 spiro atoms. The van der Waals surface area contributed by atoms with Gasteiger partial charge in [0.1, 0.15) is 0 Å². The number of nitrogens with zero attached hydrogens (tertiary/aromatic N) is 2. The molecule has 0 radical (unpaired) electrons. The zero-order valence-corrected chi connectivity index (χ0v) is 11.9. The molecule has 2 aromatic rings. The van der Waals surface area contributed by atoms with Gasteiger partial charge in [-0.15, -0.1) is 0 Å². The standard InChI is InChI=1S/C16H21N3O/c1-2-12-5-7-13(8-6-12)16-18-15(20-19-16)10-9-14-4-3-11-17-14/h5-8,14,17H,2-4,9-11H2,1H3. The first-order chi connectivity index (χ1) is 9.85. The maximum absolute atomic E-state index is 5.35. The number of hydrogen-bond donors (Lipinski definition) is 1. The number of nitrogens with one attached hydrogen (secondary N) is 1. The first-order valence-corrected chi connectivity index (χ1v) is 7.50. The Morgan fingerprint density at radius 3 is 2.85 bits per heavy atom. The van der Waals surface area contributed by atoms with E-state index in [-0.39, 0.29) is 0 Å². The molecule has 4 heteroatoms. The van der Waals surface area contributed by atoms with Crippen molar-refractivity contribution in [1.82, 2.24) is 15.5 Å². The average molecular weight is 271 g/mol. The van der Waals surface area contributed by atoms with Crippen molar-refractivity contribution >= 4 is 0 Å². The Bertz CT molecular complexity index is 541.